The van der Waals surface area contributed by atoms with E-state index >= 15 is 0 Å². The molecular weight excluding hydrogens is 586 g/mol. The van der Waals surface area contributed by atoms with Crippen molar-refractivity contribution < 1.29 is 92.1 Å². The molecule has 0 aliphatic carbocycles. The number of hydrogen-bond acceptors (Lipinski definition) is 8. The topological polar surface area (TPSA) is 94.1 Å². The third-order valence-electron chi connectivity index (χ3n) is 5.43. The van der Waals surface area contributed by atoms with Crippen LogP contribution in [0.1, 0.15) is 84.0 Å². The molecule has 0 heterocycles. The molecule has 0 saturated carbocycles. The second-order valence-corrected chi connectivity index (χ2v) is 9.49. The van der Waals surface area contributed by atoms with Gasteiger partial charge < -0.3 is 14.7 Å². The van der Waals surface area contributed by atoms with Crippen molar-refractivity contribution in [1.82, 2.24) is 0 Å². The Bertz CT molecular complexity index is 717. The maximum atomic E-state index is 13.5. The van der Waals surface area contributed by atoms with Crippen molar-refractivity contribution in [2.75, 3.05) is 13.2 Å². The van der Waals surface area contributed by atoms with Gasteiger partial charge in [0.25, 0.3) is 0 Å². The van der Waals surface area contributed by atoms with Crippen molar-refractivity contribution in [2.45, 2.75) is 113 Å². The van der Waals surface area contributed by atoms with Crippen LogP contribution in [0.25, 0.3) is 0 Å². The van der Waals surface area contributed by atoms with E-state index in [4.69, 9.17) is 4.74 Å². The van der Waals surface area contributed by atoms with E-state index in [0.717, 1.165) is 38.5 Å². The van der Waals surface area contributed by atoms with Crippen LogP contribution in [0.3, 0.4) is 0 Å². The summed E-state index contributed by atoms with van der Waals surface area (Å²) in [4.78, 5) is 23.9. The molecule has 0 fully saturated rings. The predicted octanol–water partition coefficient (Wildman–Crippen LogP) is 3.49. The van der Waals surface area contributed by atoms with Gasteiger partial charge >= 0.3 is 54.7 Å². The minimum absolute atomic E-state index is 0. The minimum Gasteiger partial charge on any atom is -0.691 e. The third kappa shape index (κ3) is 14.3. The van der Waals surface area contributed by atoms with Crippen molar-refractivity contribution in [2.24, 2.45) is 0 Å². The maximum Gasteiger partial charge on any atom is 1.00 e. The number of esters is 2. The first-order chi connectivity index (χ1) is 18.0. The number of halogens is 9. The smallest absolute Gasteiger partial charge is 0.691 e. The summed E-state index contributed by atoms with van der Waals surface area (Å²) in [6.45, 7) is 0.360. The molecule has 0 N–H and O–H groups in total. The first-order valence-electron chi connectivity index (χ1n) is 12.2. The van der Waals surface area contributed by atoms with E-state index in [-0.39, 0.29) is 37.5 Å². The molecule has 232 valence electrons. The van der Waals surface area contributed by atoms with Crippen LogP contribution in [0.4, 0.5) is 39.5 Å². The van der Waals surface area contributed by atoms with E-state index in [1.54, 1.807) is 0 Å². The third-order valence-corrected chi connectivity index (χ3v) is 6.15. The van der Waals surface area contributed by atoms with E-state index in [1.807, 2.05) is 0 Å². The molecule has 1 unspecified atom stereocenters. The van der Waals surface area contributed by atoms with Gasteiger partial charge in [0, 0.05) is 12.0 Å². The average molecular weight is 618 g/mol. The minimum atomic E-state index is -7.08. The Morgan fingerprint density at radius 3 is 1.73 bits per heavy atom. The standard InChI is InChI=1S/C22H33F9O7S.Li/c1-2-3-4-5-6-7-8-9-10-11-13-35-17(32)15-16(39-38-37-34)18(33)36-14-12-19(23,24)20(25,26)21(27,28)22(29,30)31;/h16,34H,2-15H2,1H3;/q;+1/p-1. The Labute approximate surface area is 242 Å². The molecule has 0 amide bonds. The van der Waals surface area contributed by atoms with Crippen molar-refractivity contribution in [3.05, 3.63) is 0 Å². The molecule has 0 aliphatic heterocycles. The number of unbranched alkanes of at least 4 members (excludes halogenated alkanes) is 9. The summed E-state index contributed by atoms with van der Waals surface area (Å²) < 4.78 is 129. The van der Waals surface area contributed by atoms with Gasteiger partial charge in [0.05, 0.1) is 26.1 Å². The summed E-state index contributed by atoms with van der Waals surface area (Å²) in [7, 11) is 0. The number of carbonyl (C=O) groups is 2. The van der Waals surface area contributed by atoms with Crippen LogP contribution in [-0.2, 0) is 28.4 Å². The summed E-state index contributed by atoms with van der Waals surface area (Å²) in [6.07, 6.45) is -0.122. The zero-order valence-corrected chi connectivity index (χ0v) is 23.0. The quantitative estimate of drug-likeness (QED) is 0.0347. The zero-order chi connectivity index (χ0) is 30.2. The van der Waals surface area contributed by atoms with Crippen molar-refractivity contribution in [1.29, 1.82) is 0 Å². The van der Waals surface area contributed by atoms with Gasteiger partial charge in [-0.05, 0) is 6.42 Å². The maximum absolute atomic E-state index is 13.5. The van der Waals surface area contributed by atoms with Crippen LogP contribution in [-0.4, -0.2) is 54.3 Å². The second kappa shape index (κ2) is 20.1. The monoisotopic (exact) mass is 618 g/mol. The van der Waals surface area contributed by atoms with Crippen LogP contribution in [0.15, 0.2) is 0 Å². The Balaban J connectivity index is 0. The van der Waals surface area contributed by atoms with Gasteiger partial charge in [-0.2, -0.15) is 43.8 Å². The van der Waals surface area contributed by atoms with E-state index < -0.39 is 60.6 Å². The molecule has 40 heavy (non-hydrogen) atoms. The molecular formula is C22H32F9LiO7S. The molecule has 0 rings (SSSR count). The largest absolute Gasteiger partial charge is 1.00 e. The fourth-order valence-corrected chi connectivity index (χ4v) is 3.62. The van der Waals surface area contributed by atoms with Gasteiger partial charge in [0.1, 0.15) is 5.25 Å². The van der Waals surface area contributed by atoms with Gasteiger partial charge in [0.15, 0.2) is 0 Å². The molecule has 0 aliphatic rings. The van der Waals surface area contributed by atoms with E-state index in [0.29, 0.717) is 6.42 Å². The molecule has 0 aromatic rings. The van der Waals surface area contributed by atoms with Gasteiger partial charge in [-0.1, -0.05) is 64.7 Å². The summed E-state index contributed by atoms with van der Waals surface area (Å²) in [6, 6.07) is 0. The van der Waals surface area contributed by atoms with Gasteiger partial charge in [-0.15, -0.1) is 0 Å². The number of hydrogen-bond donors (Lipinski definition) is 0. The number of alkyl halides is 9. The number of rotatable bonds is 22. The van der Waals surface area contributed by atoms with Crippen molar-refractivity contribution >= 4 is 24.0 Å². The molecule has 0 radical (unpaired) electrons. The Morgan fingerprint density at radius 1 is 0.750 bits per heavy atom. The predicted molar refractivity (Wildman–Crippen MR) is 117 cm³/mol. The Hall–Kier alpha value is -0.863. The number of carbonyl (C=O) groups excluding carboxylic acids is 2. The number of ether oxygens (including phenoxy) is 2. The van der Waals surface area contributed by atoms with Crippen molar-refractivity contribution in [3.8, 4) is 0 Å². The molecule has 1 atom stereocenters. The second-order valence-electron chi connectivity index (χ2n) is 8.60. The summed E-state index contributed by atoms with van der Waals surface area (Å²) in [5.41, 5.74) is 0. The molecule has 0 bridgehead atoms. The first-order valence-corrected chi connectivity index (χ1v) is 13.0. The molecule has 0 aromatic heterocycles. The van der Waals surface area contributed by atoms with Gasteiger partial charge in [-0.3, -0.25) is 14.6 Å². The Morgan fingerprint density at radius 2 is 1.25 bits per heavy atom. The fourth-order valence-electron chi connectivity index (χ4n) is 3.14. The zero-order valence-electron chi connectivity index (χ0n) is 22.1. The van der Waals surface area contributed by atoms with E-state index in [1.165, 1.54) is 19.3 Å². The summed E-state index contributed by atoms with van der Waals surface area (Å²) in [5.74, 6) is -22.5. The molecule has 7 nitrogen and oxygen atoms in total. The van der Waals surface area contributed by atoms with Crippen LogP contribution in [0.2, 0.25) is 0 Å². The van der Waals surface area contributed by atoms with Crippen LogP contribution in [0.5, 0.6) is 0 Å². The van der Waals surface area contributed by atoms with Gasteiger partial charge in [0.2, 0.25) is 0 Å². The molecule has 0 aromatic carbocycles. The molecule has 0 saturated heterocycles. The van der Waals surface area contributed by atoms with Gasteiger partial charge in [-0.25, -0.2) is 0 Å². The first kappa shape index (κ1) is 41.3. The molecule has 18 heteroatoms. The Kier molecular flexibility index (Phi) is 20.8. The fraction of sp³-hybridized carbons (Fsp3) is 0.909. The molecule has 0 spiro atoms. The summed E-state index contributed by atoms with van der Waals surface area (Å²) in [5, 5.41) is 11.2. The van der Waals surface area contributed by atoms with Crippen LogP contribution < -0.4 is 24.1 Å². The van der Waals surface area contributed by atoms with E-state index in [9.17, 15) is 54.4 Å². The van der Waals surface area contributed by atoms with E-state index in [2.05, 4.69) is 21.0 Å². The SMILES string of the molecule is CCCCCCCCCCCCOC(=O)CC(SOO[O-])C(=O)OCCC(F)(F)C(F)(F)C(F)(F)C(F)(F)F.[Li+]. The average Bonchev–Trinajstić information content (AvgIpc) is 2.83. The summed E-state index contributed by atoms with van der Waals surface area (Å²) >= 11 is -0.126. The van der Waals surface area contributed by atoms with Crippen LogP contribution >= 0.6 is 12.0 Å². The van der Waals surface area contributed by atoms with Crippen molar-refractivity contribution in [3.63, 3.8) is 0 Å². The van der Waals surface area contributed by atoms with Crippen LogP contribution in [0, 0.1) is 0 Å². The normalized spacial score (nSPS) is 13.5.